The monoisotopic (exact) mass is 367 g/mol. The Balaban J connectivity index is 1.98. The molecule has 1 amide bonds. The van der Waals surface area contributed by atoms with Gasteiger partial charge in [-0.1, -0.05) is 6.92 Å². The molecule has 2 rings (SSSR count). The first-order valence-corrected chi connectivity index (χ1v) is 8.45. The van der Waals surface area contributed by atoms with Crippen LogP contribution in [0.5, 0.6) is 0 Å². The SMILES string of the molecule is CCCNc1ccc(C(=O)N(C)Cc2csc(Br)c2)cn1. The number of hydrogen-bond donors (Lipinski definition) is 1. The molecule has 21 heavy (non-hydrogen) atoms. The number of anilines is 1. The van der Waals surface area contributed by atoms with E-state index in [9.17, 15) is 4.79 Å². The molecule has 0 saturated heterocycles. The fourth-order valence-electron chi connectivity index (χ4n) is 1.87. The number of nitrogens with one attached hydrogen (secondary N) is 1. The molecule has 112 valence electrons. The van der Waals surface area contributed by atoms with Crippen LogP contribution >= 0.6 is 27.3 Å². The summed E-state index contributed by atoms with van der Waals surface area (Å²) in [4.78, 5) is 18.3. The molecule has 0 aliphatic carbocycles. The number of carbonyl (C=O) groups excluding carboxylic acids is 1. The lowest BCUT2D eigenvalue weighted by Crippen LogP contribution is -2.26. The summed E-state index contributed by atoms with van der Waals surface area (Å²) in [6.45, 7) is 3.58. The Morgan fingerprint density at radius 1 is 1.48 bits per heavy atom. The molecule has 6 heteroatoms. The summed E-state index contributed by atoms with van der Waals surface area (Å²) in [5.41, 5.74) is 1.73. The molecule has 0 fully saturated rings. The molecule has 0 radical (unpaired) electrons. The normalized spacial score (nSPS) is 10.4. The van der Waals surface area contributed by atoms with Crippen molar-refractivity contribution in [2.75, 3.05) is 18.9 Å². The molecule has 1 N–H and O–H groups in total. The van der Waals surface area contributed by atoms with Crippen LogP contribution in [0.2, 0.25) is 0 Å². The van der Waals surface area contributed by atoms with E-state index in [1.54, 1.807) is 29.5 Å². The molecule has 2 heterocycles. The van der Waals surface area contributed by atoms with Crippen molar-refractivity contribution in [1.82, 2.24) is 9.88 Å². The van der Waals surface area contributed by atoms with Gasteiger partial charge in [0.2, 0.25) is 0 Å². The van der Waals surface area contributed by atoms with Crippen LogP contribution in [0.4, 0.5) is 5.82 Å². The van der Waals surface area contributed by atoms with E-state index < -0.39 is 0 Å². The van der Waals surface area contributed by atoms with Crippen molar-refractivity contribution in [1.29, 1.82) is 0 Å². The second-order valence-corrected chi connectivity index (χ2v) is 7.07. The number of aromatic nitrogens is 1. The van der Waals surface area contributed by atoms with Crippen molar-refractivity contribution in [2.45, 2.75) is 19.9 Å². The summed E-state index contributed by atoms with van der Waals surface area (Å²) in [5.74, 6) is 0.782. The molecule has 2 aromatic rings. The Labute approximate surface area is 137 Å². The van der Waals surface area contributed by atoms with E-state index >= 15 is 0 Å². The molecule has 0 spiro atoms. The summed E-state index contributed by atoms with van der Waals surface area (Å²) in [6, 6.07) is 5.69. The Kier molecular flexibility index (Phi) is 5.76. The molecule has 2 aromatic heterocycles. The molecular formula is C15H18BrN3OS. The average Bonchev–Trinajstić information content (AvgIpc) is 2.90. The third kappa shape index (κ3) is 4.54. The topological polar surface area (TPSA) is 45.2 Å². The number of nitrogens with zero attached hydrogens (tertiary/aromatic N) is 2. The van der Waals surface area contributed by atoms with Gasteiger partial charge in [-0.05, 0) is 51.5 Å². The molecule has 4 nitrogen and oxygen atoms in total. The van der Waals surface area contributed by atoms with Gasteiger partial charge in [0.15, 0.2) is 0 Å². The van der Waals surface area contributed by atoms with Crippen molar-refractivity contribution in [3.05, 3.63) is 44.7 Å². The summed E-state index contributed by atoms with van der Waals surface area (Å²) >= 11 is 5.05. The van der Waals surface area contributed by atoms with Gasteiger partial charge in [0, 0.05) is 26.3 Å². The summed E-state index contributed by atoms with van der Waals surface area (Å²) in [7, 11) is 1.80. The molecule has 0 aromatic carbocycles. The van der Waals surface area contributed by atoms with Gasteiger partial charge in [-0.2, -0.15) is 0 Å². The molecule has 0 unspecified atom stereocenters. The van der Waals surface area contributed by atoms with Crippen molar-refractivity contribution >= 4 is 39.0 Å². The Bertz CT molecular complexity index is 597. The van der Waals surface area contributed by atoms with Gasteiger partial charge in [0.1, 0.15) is 5.82 Å². The first-order valence-electron chi connectivity index (χ1n) is 6.78. The molecule has 0 aliphatic heterocycles. The van der Waals surface area contributed by atoms with E-state index in [1.165, 1.54) is 0 Å². The maximum Gasteiger partial charge on any atom is 0.255 e. The van der Waals surface area contributed by atoms with E-state index in [0.29, 0.717) is 12.1 Å². The third-order valence-corrected chi connectivity index (χ3v) is 4.51. The molecule has 0 saturated carbocycles. The van der Waals surface area contributed by atoms with E-state index in [0.717, 1.165) is 28.1 Å². The van der Waals surface area contributed by atoms with Gasteiger partial charge in [-0.25, -0.2) is 4.98 Å². The highest BCUT2D eigenvalue weighted by atomic mass is 79.9. The highest BCUT2D eigenvalue weighted by Gasteiger charge is 2.13. The predicted molar refractivity (Wildman–Crippen MR) is 90.8 cm³/mol. The van der Waals surface area contributed by atoms with Crippen LogP contribution in [-0.2, 0) is 6.54 Å². The highest BCUT2D eigenvalue weighted by Crippen LogP contribution is 2.22. The number of carbonyl (C=O) groups is 1. The van der Waals surface area contributed by atoms with Gasteiger partial charge >= 0.3 is 0 Å². The van der Waals surface area contributed by atoms with Crippen molar-refractivity contribution in [3.8, 4) is 0 Å². The fraction of sp³-hybridized carbons (Fsp3) is 0.333. The van der Waals surface area contributed by atoms with E-state index in [1.807, 2.05) is 23.6 Å². The largest absolute Gasteiger partial charge is 0.370 e. The summed E-state index contributed by atoms with van der Waals surface area (Å²) in [5, 5.41) is 5.24. The fourth-order valence-corrected chi connectivity index (χ4v) is 3.07. The minimum atomic E-state index is -0.0214. The van der Waals surface area contributed by atoms with Gasteiger partial charge in [0.25, 0.3) is 5.91 Å². The van der Waals surface area contributed by atoms with Crippen molar-refractivity contribution in [3.63, 3.8) is 0 Å². The zero-order chi connectivity index (χ0) is 15.2. The second kappa shape index (κ2) is 7.56. The minimum Gasteiger partial charge on any atom is -0.370 e. The van der Waals surface area contributed by atoms with Gasteiger partial charge in [0.05, 0.1) is 9.35 Å². The van der Waals surface area contributed by atoms with Crippen molar-refractivity contribution in [2.24, 2.45) is 0 Å². The predicted octanol–water partition coefficient (Wildman–Crippen LogP) is 4.00. The van der Waals surface area contributed by atoms with Crippen LogP contribution < -0.4 is 5.32 Å². The van der Waals surface area contributed by atoms with Gasteiger partial charge in [-0.3, -0.25) is 4.79 Å². The number of halogens is 1. The molecule has 0 bridgehead atoms. The van der Waals surface area contributed by atoms with Gasteiger partial charge in [-0.15, -0.1) is 11.3 Å². The summed E-state index contributed by atoms with van der Waals surface area (Å²) < 4.78 is 1.08. The average molecular weight is 368 g/mol. The Hall–Kier alpha value is -1.40. The van der Waals surface area contributed by atoms with Crippen LogP contribution in [0, 0.1) is 0 Å². The number of thiophene rings is 1. The lowest BCUT2D eigenvalue weighted by atomic mass is 10.2. The number of rotatable bonds is 6. The zero-order valence-corrected chi connectivity index (χ0v) is 14.5. The first-order chi connectivity index (χ1) is 10.1. The number of hydrogen-bond acceptors (Lipinski definition) is 4. The number of amides is 1. The standard InChI is InChI=1S/C15H18BrN3OS/c1-3-6-17-14-5-4-12(8-18-14)15(20)19(2)9-11-7-13(16)21-10-11/h4-5,7-8,10H,3,6,9H2,1-2H3,(H,17,18). The van der Waals surface area contributed by atoms with Gasteiger partial charge < -0.3 is 10.2 Å². The number of pyridine rings is 1. The minimum absolute atomic E-state index is 0.0214. The molecule has 0 atom stereocenters. The Morgan fingerprint density at radius 2 is 2.29 bits per heavy atom. The lowest BCUT2D eigenvalue weighted by Gasteiger charge is -2.16. The smallest absolute Gasteiger partial charge is 0.255 e. The van der Waals surface area contributed by atoms with Crippen LogP contribution in [0.15, 0.2) is 33.6 Å². The first kappa shape index (κ1) is 16.0. The van der Waals surface area contributed by atoms with Crippen LogP contribution in [0.3, 0.4) is 0 Å². The lowest BCUT2D eigenvalue weighted by molar-refractivity contribution is 0.0785. The second-order valence-electron chi connectivity index (χ2n) is 4.78. The zero-order valence-electron chi connectivity index (χ0n) is 12.1. The molecular weight excluding hydrogens is 350 g/mol. The van der Waals surface area contributed by atoms with Crippen LogP contribution in [-0.4, -0.2) is 29.4 Å². The van der Waals surface area contributed by atoms with Crippen LogP contribution in [0.1, 0.15) is 29.3 Å². The maximum atomic E-state index is 12.3. The molecule has 0 aliphatic rings. The maximum absolute atomic E-state index is 12.3. The third-order valence-electron chi connectivity index (χ3n) is 2.95. The quantitative estimate of drug-likeness (QED) is 0.838. The summed E-state index contributed by atoms with van der Waals surface area (Å²) in [6.07, 6.45) is 2.67. The van der Waals surface area contributed by atoms with Crippen molar-refractivity contribution < 1.29 is 4.79 Å². The highest BCUT2D eigenvalue weighted by molar-refractivity contribution is 9.11. The van der Waals surface area contributed by atoms with E-state index in [-0.39, 0.29) is 5.91 Å². The van der Waals surface area contributed by atoms with E-state index in [4.69, 9.17) is 0 Å². The Morgan fingerprint density at radius 3 is 2.86 bits per heavy atom. The van der Waals surface area contributed by atoms with E-state index in [2.05, 4.69) is 33.2 Å². The van der Waals surface area contributed by atoms with Crippen LogP contribution in [0.25, 0.3) is 0 Å².